The first-order valence-electron chi connectivity index (χ1n) is 6.18. The van der Waals surface area contributed by atoms with Crippen LogP contribution in [0.5, 0.6) is 0 Å². The second-order valence-electron chi connectivity index (χ2n) is 4.53. The predicted molar refractivity (Wildman–Crippen MR) is 84.0 cm³/mol. The predicted octanol–water partition coefficient (Wildman–Crippen LogP) is 4.97. The molecule has 0 saturated heterocycles. The topological polar surface area (TPSA) is 37.3 Å². The van der Waals surface area contributed by atoms with Crippen molar-refractivity contribution in [2.45, 2.75) is 0 Å². The first-order valence-corrected chi connectivity index (χ1v) is 6.97. The minimum atomic E-state index is -0.932. The van der Waals surface area contributed by atoms with Crippen molar-refractivity contribution in [1.82, 2.24) is 0 Å². The lowest BCUT2D eigenvalue weighted by atomic mass is 9.97. The summed E-state index contributed by atoms with van der Waals surface area (Å²) in [6, 6.07) is 19.5. The Morgan fingerprint density at radius 2 is 1.70 bits per heavy atom. The monoisotopic (exact) mass is 326 g/mol. The van der Waals surface area contributed by atoms with Gasteiger partial charge in [-0.25, -0.2) is 4.79 Å². The van der Waals surface area contributed by atoms with E-state index in [1.54, 1.807) is 12.1 Å². The molecule has 0 aliphatic rings. The number of halogens is 1. The van der Waals surface area contributed by atoms with E-state index in [9.17, 15) is 9.90 Å². The largest absolute Gasteiger partial charge is 0.478 e. The lowest BCUT2D eigenvalue weighted by Gasteiger charge is -2.08. The van der Waals surface area contributed by atoms with Gasteiger partial charge in [-0.1, -0.05) is 48.5 Å². The summed E-state index contributed by atoms with van der Waals surface area (Å²) in [6.45, 7) is 0. The highest BCUT2D eigenvalue weighted by atomic mass is 79.9. The van der Waals surface area contributed by atoms with E-state index in [0.717, 1.165) is 21.9 Å². The van der Waals surface area contributed by atoms with Gasteiger partial charge in [-0.15, -0.1) is 0 Å². The van der Waals surface area contributed by atoms with Crippen molar-refractivity contribution in [3.8, 4) is 11.1 Å². The van der Waals surface area contributed by atoms with E-state index in [0.29, 0.717) is 4.47 Å². The van der Waals surface area contributed by atoms with Crippen LogP contribution in [0.25, 0.3) is 21.9 Å². The smallest absolute Gasteiger partial charge is 0.336 e. The third-order valence-corrected chi connectivity index (χ3v) is 3.99. The van der Waals surface area contributed by atoms with Crippen molar-refractivity contribution in [2.75, 3.05) is 0 Å². The molecule has 0 atom stereocenters. The van der Waals surface area contributed by atoms with Crippen LogP contribution in [0.1, 0.15) is 10.4 Å². The van der Waals surface area contributed by atoms with Gasteiger partial charge in [0.05, 0.1) is 5.56 Å². The maximum absolute atomic E-state index is 11.2. The van der Waals surface area contributed by atoms with Crippen LogP contribution in [-0.2, 0) is 0 Å². The molecule has 98 valence electrons. The quantitative estimate of drug-likeness (QED) is 0.722. The highest BCUT2D eigenvalue weighted by Gasteiger charge is 2.11. The Kier molecular flexibility index (Phi) is 3.28. The molecule has 0 aliphatic carbocycles. The van der Waals surface area contributed by atoms with Gasteiger partial charge in [-0.3, -0.25) is 0 Å². The van der Waals surface area contributed by atoms with Crippen molar-refractivity contribution in [2.24, 2.45) is 0 Å². The maximum Gasteiger partial charge on any atom is 0.336 e. The summed E-state index contributed by atoms with van der Waals surface area (Å²) >= 11 is 3.27. The number of aromatic carboxylic acids is 1. The van der Waals surface area contributed by atoms with Gasteiger partial charge >= 0.3 is 5.97 Å². The number of fused-ring (bicyclic) bond motifs is 1. The number of benzene rings is 3. The molecule has 0 aromatic heterocycles. The number of carboxylic acids is 1. The zero-order chi connectivity index (χ0) is 14.1. The number of rotatable bonds is 2. The SMILES string of the molecule is O=C(O)c1cc(-c2cccc3ccccc23)ccc1Br. The van der Waals surface area contributed by atoms with Crippen LogP contribution in [0.2, 0.25) is 0 Å². The van der Waals surface area contributed by atoms with Crippen LogP contribution in [-0.4, -0.2) is 11.1 Å². The number of hydrogen-bond acceptors (Lipinski definition) is 1. The summed E-state index contributed by atoms with van der Waals surface area (Å²) in [5, 5.41) is 11.5. The number of carboxylic acid groups (broad SMARTS) is 1. The molecular weight excluding hydrogens is 316 g/mol. The molecule has 0 aliphatic heterocycles. The van der Waals surface area contributed by atoms with E-state index in [-0.39, 0.29) is 5.56 Å². The van der Waals surface area contributed by atoms with Gasteiger partial charge in [0.2, 0.25) is 0 Å². The molecule has 0 unspecified atom stereocenters. The van der Waals surface area contributed by atoms with Crippen molar-refractivity contribution in [3.05, 3.63) is 70.7 Å². The Labute approximate surface area is 124 Å². The van der Waals surface area contributed by atoms with Crippen LogP contribution in [0.15, 0.2) is 65.1 Å². The van der Waals surface area contributed by atoms with Gasteiger partial charge in [-0.05, 0) is 50.0 Å². The first kappa shape index (κ1) is 12.9. The minimum absolute atomic E-state index is 0.274. The Morgan fingerprint density at radius 1 is 0.950 bits per heavy atom. The van der Waals surface area contributed by atoms with Gasteiger partial charge in [0.25, 0.3) is 0 Å². The molecule has 20 heavy (non-hydrogen) atoms. The fourth-order valence-electron chi connectivity index (χ4n) is 2.33. The fourth-order valence-corrected chi connectivity index (χ4v) is 2.75. The average molecular weight is 327 g/mol. The molecule has 0 spiro atoms. The van der Waals surface area contributed by atoms with E-state index in [1.165, 1.54) is 0 Å². The molecular formula is C17H11BrO2. The van der Waals surface area contributed by atoms with Crippen molar-refractivity contribution >= 4 is 32.7 Å². The van der Waals surface area contributed by atoms with Gasteiger partial charge < -0.3 is 5.11 Å². The zero-order valence-corrected chi connectivity index (χ0v) is 12.1. The highest BCUT2D eigenvalue weighted by Crippen LogP contribution is 2.31. The van der Waals surface area contributed by atoms with E-state index < -0.39 is 5.97 Å². The molecule has 0 bridgehead atoms. The first-order chi connectivity index (χ1) is 9.66. The molecule has 3 aromatic rings. The molecule has 3 rings (SSSR count). The summed E-state index contributed by atoms with van der Waals surface area (Å²) in [6.07, 6.45) is 0. The second kappa shape index (κ2) is 5.10. The van der Waals surface area contributed by atoms with Crippen molar-refractivity contribution < 1.29 is 9.90 Å². The average Bonchev–Trinajstić information content (AvgIpc) is 2.47. The van der Waals surface area contributed by atoms with Gasteiger partial charge in [0, 0.05) is 4.47 Å². The van der Waals surface area contributed by atoms with Gasteiger partial charge in [0.1, 0.15) is 0 Å². The number of hydrogen-bond donors (Lipinski definition) is 1. The maximum atomic E-state index is 11.2. The van der Waals surface area contributed by atoms with E-state index >= 15 is 0 Å². The molecule has 0 amide bonds. The summed E-state index contributed by atoms with van der Waals surface area (Å²) in [4.78, 5) is 11.2. The molecule has 3 aromatic carbocycles. The molecule has 0 heterocycles. The van der Waals surface area contributed by atoms with Crippen molar-refractivity contribution in [3.63, 3.8) is 0 Å². The fraction of sp³-hybridized carbons (Fsp3) is 0. The third-order valence-electron chi connectivity index (χ3n) is 3.30. The second-order valence-corrected chi connectivity index (χ2v) is 5.38. The molecule has 1 N–H and O–H groups in total. The zero-order valence-electron chi connectivity index (χ0n) is 10.5. The normalized spacial score (nSPS) is 10.7. The van der Waals surface area contributed by atoms with Crippen LogP contribution in [0, 0.1) is 0 Å². The Hall–Kier alpha value is -2.13. The summed E-state index contributed by atoms with van der Waals surface area (Å²) in [5.74, 6) is -0.932. The Morgan fingerprint density at radius 3 is 2.50 bits per heavy atom. The lowest BCUT2D eigenvalue weighted by molar-refractivity contribution is 0.0696. The van der Waals surface area contributed by atoms with Crippen LogP contribution in [0.3, 0.4) is 0 Å². The van der Waals surface area contributed by atoms with Crippen LogP contribution < -0.4 is 0 Å². The lowest BCUT2D eigenvalue weighted by Crippen LogP contribution is -1.98. The molecule has 0 saturated carbocycles. The van der Waals surface area contributed by atoms with E-state index in [4.69, 9.17) is 0 Å². The van der Waals surface area contributed by atoms with Crippen molar-refractivity contribution in [1.29, 1.82) is 0 Å². The van der Waals surface area contributed by atoms with Gasteiger partial charge in [0.15, 0.2) is 0 Å². The Bertz CT molecular complexity index is 804. The Balaban J connectivity index is 2.26. The summed E-state index contributed by atoms with van der Waals surface area (Å²) in [5.41, 5.74) is 2.22. The molecule has 3 heteroatoms. The molecule has 0 fully saturated rings. The van der Waals surface area contributed by atoms with Gasteiger partial charge in [-0.2, -0.15) is 0 Å². The highest BCUT2D eigenvalue weighted by molar-refractivity contribution is 9.10. The number of carbonyl (C=O) groups is 1. The third kappa shape index (κ3) is 2.21. The molecule has 0 radical (unpaired) electrons. The summed E-state index contributed by atoms with van der Waals surface area (Å²) in [7, 11) is 0. The van der Waals surface area contributed by atoms with E-state index in [2.05, 4.69) is 28.1 Å². The molecule has 2 nitrogen and oxygen atoms in total. The summed E-state index contributed by atoms with van der Waals surface area (Å²) < 4.78 is 0.592. The van der Waals surface area contributed by atoms with Crippen LogP contribution >= 0.6 is 15.9 Å². The van der Waals surface area contributed by atoms with E-state index in [1.807, 2.05) is 36.4 Å². The standard InChI is InChI=1S/C17H11BrO2/c18-16-9-8-12(10-15(16)17(19)20)14-7-3-5-11-4-1-2-6-13(11)14/h1-10H,(H,19,20). The minimum Gasteiger partial charge on any atom is -0.478 e. The van der Waals surface area contributed by atoms with Crippen LogP contribution in [0.4, 0.5) is 0 Å².